The second-order valence-electron chi connectivity index (χ2n) is 4.51. The van der Waals surface area contributed by atoms with Crippen molar-refractivity contribution in [1.82, 2.24) is 0 Å². The number of ether oxygens (including phenoxy) is 2. The van der Waals surface area contributed by atoms with Crippen molar-refractivity contribution in [3.63, 3.8) is 0 Å². The third-order valence-corrected chi connectivity index (χ3v) is 4.71. The van der Waals surface area contributed by atoms with Gasteiger partial charge in [-0.05, 0) is 24.6 Å². The Morgan fingerprint density at radius 2 is 2.25 bits per heavy atom. The van der Waals surface area contributed by atoms with Crippen LogP contribution in [0.4, 0.5) is 0 Å². The number of carboxylic acid groups (broad SMARTS) is 1. The standard InChI is InChI=1S/C13H16O6S/c14-13(15)10-2-1-3-12(8-10)20(16,17)7-6-19-11-4-5-18-9-11/h1-3,8,11H,4-7,9H2,(H,14,15). The van der Waals surface area contributed by atoms with Gasteiger partial charge in [0.15, 0.2) is 9.84 Å². The number of carboxylic acids is 1. The predicted octanol–water partition coefficient (Wildman–Crippen LogP) is 0.964. The Morgan fingerprint density at radius 3 is 2.90 bits per heavy atom. The number of carbonyl (C=O) groups is 1. The van der Waals surface area contributed by atoms with E-state index in [0.717, 1.165) is 12.5 Å². The van der Waals surface area contributed by atoms with Crippen molar-refractivity contribution in [2.24, 2.45) is 0 Å². The highest BCUT2D eigenvalue weighted by atomic mass is 32.2. The summed E-state index contributed by atoms with van der Waals surface area (Å²) in [5.74, 6) is -1.33. The first-order valence-corrected chi connectivity index (χ1v) is 7.90. The summed E-state index contributed by atoms with van der Waals surface area (Å²) in [5.41, 5.74) is -0.0452. The zero-order valence-electron chi connectivity index (χ0n) is 10.8. The van der Waals surface area contributed by atoms with Crippen LogP contribution in [-0.2, 0) is 19.3 Å². The molecule has 7 heteroatoms. The fourth-order valence-electron chi connectivity index (χ4n) is 1.91. The molecule has 1 N–H and O–H groups in total. The van der Waals surface area contributed by atoms with Crippen molar-refractivity contribution in [2.45, 2.75) is 17.4 Å². The molecule has 1 aromatic carbocycles. The molecular formula is C13H16O6S. The van der Waals surface area contributed by atoms with Crippen LogP contribution in [0, 0.1) is 0 Å². The molecule has 1 aliphatic heterocycles. The highest BCUT2D eigenvalue weighted by Gasteiger charge is 2.19. The lowest BCUT2D eigenvalue weighted by Gasteiger charge is -2.10. The zero-order valence-corrected chi connectivity index (χ0v) is 11.6. The van der Waals surface area contributed by atoms with E-state index in [9.17, 15) is 13.2 Å². The Kier molecular flexibility index (Phi) is 4.74. The summed E-state index contributed by atoms with van der Waals surface area (Å²) in [6.07, 6.45) is 0.727. The van der Waals surface area contributed by atoms with Crippen LogP contribution in [0.3, 0.4) is 0 Å². The summed E-state index contributed by atoms with van der Waals surface area (Å²) >= 11 is 0. The number of hydrogen-bond donors (Lipinski definition) is 1. The fraction of sp³-hybridized carbons (Fsp3) is 0.462. The summed E-state index contributed by atoms with van der Waals surface area (Å²) < 4.78 is 34.7. The van der Waals surface area contributed by atoms with Crippen LogP contribution in [-0.4, -0.2) is 51.2 Å². The number of sulfone groups is 1. The van der Waals surface area contributed by atoms with Gasteiger partial charge >= 0.3 is 5.97 Å². The van der Waals surface area contributed by atoms with E-state index >= 15 is 0 Å². The van der Waals surface area contributed by atoms with E-state index in [2.05, 4.69) is 0 Å². The highest BCUT2D eigenvalue weighted by molar-refractivity contribution is 7.91. The van der Waals surface area contributed by atoms with Crippen LogP contribution >= 0.6 is 0 Å². The lowest BCUT2D eigenvalue weighted by molar-refractivity contribution is 0.0520. The summed E-state index contributed by atoms with van der Waals surface area (Å²) in [6.45, 7) is 1.21. The van der Waals surface area contributed by atoms with Gasteiger partial charge in [-0.15, -0.1) is 0 Å². The Balaban J connectivity index is 1.98. The molecule has 0 radical (unpaired) electrons. The molecule has 20 heavy (non-hydrogen) atoms. The van der Waals surface area contributed by atoms with E-state index in [4.69, 9.17) is 14.6 Å². The normalized spacial score (nSPS) is 19.1. The van der Waals surface area contributed by atoms with Gasteiger partial charge in [0.25, 0.3) is 0 Å². The van der Waals surface area contributed by atoms with Gasteiger partial charge in [-0.3, -0.25) is 0 Å². The SMILES string of the molecule is O=C(O)c1cccc(S(=O)(=O)CCOC2CCOC2)c1. The molecule has 0 bridgehead atoms. The minimum atomic E-state index is -3.54. The highest BCUT2D eigenvalue weighted by Crippen LogP contribution is 2.14. The summed E-state index contributed by atoms with van der Waals surface area (Å²) in [7, 11) is -3.54. The maximum atomic E-state index is 12.1. The summed E-state index contributed by atoms with van der Waals surface area (Å²) in [4.78, 5) is 10.8. The Labute approximate surface area is 117 Å². The van der Waals surface area contributed by atoms with Crippen molar-refractivity contribution >= 4 is 15.8 Å². The van der Waals surface area contributed by atoms with Crippen molar-refractivity contribution < 1.29 is 27.8 Å². The first kappa shape index (κ1) is 15.0. The minimum Gasteiger partial charge on any atom is -0.478 e. The second-order valence-corrected chi connectivity index (χ2v) is 6.62. The molecule has 1 atom stereocenters. The molecule has 110 valence electrons. The molecule has 6 nitrogen and oxygen atoms in total. The number of hydrogen-bond acceptors (Lipinski definition) is 5. The third kappa shape index (κ3) is 3.78. The molecule has 0 spiro atoms. The van der Waals surface area contributed by atoms with E-state index in [1.165, 1.54) is 18.2 Å². The van der Waals surface area contributed by atoms with Crippen LogP contribution < -0.4 is 0 Å². The lowest BCUT2D eigenvalue weighted by Crippen LogP contribution is -2.19. The predicted molar refractivity (Wildman–Crippen MR) is 70.6 cm³/mol. The van der Waals surface area contributed by atoms with Gasteiger partial charge in [0.05, 0.1) is 35.5 Å². The average Bonchev–Trinajstić information content (AvgIpc) is 2.92. The van der Waals surface area contributed by atoms with Crippen LogP contribution in [0.5, 0.6) is 0 Å². The quantitative estimate of drug-likeness (QED) is 0.841. The van der Waals surface area contributed by atoms with Crippen LogP contribution in [0.25, 0.3) is 0 Å². The van der Waals surface area contributed by atoms with Crippen molar-refractivity contribution in [3.8, 4) is 0 Å². The zero-order chi connectivity index (χ0) is 14.6. The molecule has 1 fully saturated rings. The Morgan fingerprint density at radius 1 is 1.45 bits per heavy atom. The lowest BCUT2D eigenvalue weighted by atomic mass is 10.2. The van der Waals surface area contributed by atoms with Crippen molar-refractivity contribution in [3.05, 3.63) is 29.8 Å². The van der Waals surface area contributed by atoms with Gasteiger partial charge in [-0.2, -0.15) is 0 Å². The molecule has 0 saturated carbocycles. The van der Waals surface area contributed by atoms with Gasteiger partial charge < -0.3 is 14.6 Å². The van der Waals surface area contributed by atoms with E-state index < -0.39 is 15.8 Å². The molecular weight excluding hydrogens is 284 g/mol. The first-order chi connectivity index (χ1) is 9.49. The molecule has 0 amide bonds. The fourth-order valence-corrected chi connectivity index (χ4v) is 3.05. The number of aromatic carboxylic acids is 1. The Bertz CT molecular complexity index is 574. The van der Waals surface area contributed by atoms with E-state index in [0.29, 0.717) is 13.2 Å². The maximum Gasteiger partial charge on any atom is 0.335 e. The summed E-state index contributed by atoms with van der Waals surface area (Å²) in [5, 5.41) is 8.86. The monoisotopic (exact) mass is 300 g/mol. The second kappa shape index (κ2) is 6.34. The van der Waals surface area contributed by atoms with Crippen LogP contribution in [0.2, 0.25) is 0 Å². The Hall–Kier alpha value is -1.44. The first-order valence-electron chi connectivity index (χ1n) is 6.24. The van der Waals surface area contributed by atoms with E-state index in [1.807, 2.05) is 0 Å². The topological polar surface area (TPSA) is 89.9 Å². The molecule has 1 heterocycles. The van der Waals surface area contributed by atoms with Gasteiger partial charge in [0.2, 0.25) is 0 Å². The molecule has 2 rings (SSSR count). The summed E-state index contributed by atoms with van der Waals surface area (Å²) in [6, 6.07) is 5.33. The minimum absolute atomic E-state index is 0.00340. The molecule has 0 aromatic heterocycles. The molecule has 0 aliphatic carbocycles. The van der Waals surface area contributed by atoms with E-state index in [-0.39, 0.29) is 28.9 Å². The van der Waals surface area contributed by atoms with Crippen molar-refractivity contribution in [1.29, 1.82) is 0 Å². The maximum absolute atomic E-state index is 12.1. The van der Waals surface area contributed by atoms with Crippen LogP contribution in [0.15, 0.2) is 29.2 Å². The molecule has 1 unspecified atom stereocenters. The molecule has 1 aromatic rings. The van der Waals surface area contributed by atoms with Gasteiger partial charge in [0, 0.05) is 6.61 Å². The third-order valence-electron chi connectivity index (χ3n) is 3.03. The van der Waals surface area contributed by atoms with E-state index in [1.54, 1.807) is 0 Å². The molecule has 1 saturated heterocycles. The van der Waals surface area contributed by atoms with Crippen LogP contribution in [0.1, 0.15) is 16.8 Å². The van der Waals surface area contributed by atoms with Gasteiger partial charge in [-0.1, -0.05) is 6.07 Å². The van der Waals surface area contributed by atoms with Crippen molar-refractivity contribution in [2.75, 3.05) is 25.6 Å². The number of benzene rings is 1. The smallest absolute Gasteiger partial charge is 0.335 e. The largest absolute Gasteiger partial charge is 0.478 e. The number of rotatable bonds is 6. The molecule has 1 aliphatic rings. The average molecular weight is 300 g/mol. The van der Waals surface area contributed by atoms with Gasteiger partial charge in [-0.25, -0.2) is 13.2 Å². The van der Waals surface area contributed by atoms with Gasteiger partial charge in [0.1, 0.15) is 0 Å².